The normalized spacial score (nSPS) is 10.0. The highest BCUT2D eigenvalue weighted by Gasteiger charge is 2.05. The lowest BCUT2D eigenvalue weighted by Gasteiger charge is -1.96. The smallest absolute Gasteiger partial charge is 0.428 e. The molecule has 0 aliphatic heterocycles. The predicted molar refractivity (Wildman–Crippen MR) is 30.2 cm³/mol. The third kappa shape index (κ3) is 10.9. The van der Waals surface area contributed by atoms with E-state index in [-0.39, 0.29) is 11.0 Å². The fraction of sp³-hybridized carbons (Fsp3) is 0. The SMILES string of the molecule is O=P(O)(O)[O][AlH].[SiH3]. The van der Waals surface area contributed by atoms with Crippen molar-refractivity contribution in [3.05, 3.63) is 0 Å². The first-order valence-corrected chi connectivity index (χ1v) is 3.16. The fourth-order valence-corrected chi connectivity index (χ4v) is 0. The van der Waals surface area contributed by atoms with Crippen LogP contribution >= 0.6 is 7.82 Å². The van der Waals surface area contributed by atoms with Gasteiger partial charge in [0.2, 0.25) is 0 Å². The Hall–Kier alpha value is 0.859. The van der Waals surface area contributed by atoms with Gasteiger partial charge in [0.25, 0.3) is 0 Å². The van der Waals surface area contributed by atoms with E-state index in [0.29, 0.717) is 0 Å². The van der Waals surface area contributed by atoms with Crippen LogP contribution in [0.2, 0.25) is 0 Å². The Morgan fingerprint density at radius 2 is 1.71 bits per heavy atom. The molecule has 0 heterocycles. The average molecular weight is 156 g/mol. The molecule has 0 saturated carbocycles. The van der Waals surface area contributed by atoms with Crippen molar-refractivity contribution in [2.24, 2.45) is 0 Å². The standard InChI is InChI=1S/Al.H3O4P.H3Si.H/c;1-5(2,3)4;;/h;(H3,1,2,3,4);1H3;/q+1;;;/p-1. The summed E-state index contributed by atoms with van der Waals surface area (Å²) in [5.74, 6) is 0. The van der Waals surface area contributed by atoms with Crippen LogP contribution in [0.15, 0.2) is 0 Å². The molecule has 0 aliphatic rings. The maximum atomic E-state index is 9.48. The van der Waals surface area contributed by atoms with Gasteiger partial charge >= 0.3 is 24.4 Å². The summed E-state index contributed by atoms with van der Waals surface area (Å²) in [6, 6.07) is 0. The van der Waals surface area contributed by atoms with Gasteiger partial charge in [0, 0.05) is 0 Å². The summed E-state index contributed by atoms with van der Waals surface area (Å²) >= 11 is 0.773. The van der Waals surface area contributed by atoms with Gasteiger partial charge in [-0.1, -0.05) is 0 Å². The minimum Gasteiger partial charge on any atom is -0.428 e. The second-order valence-corrected chi connectivity index (χ2v) is 2.63. The summed E-state index contributed by atoms with van der Waals surface area (Å²) in [5.41, 5.74) is 0. The van der Waals surface area contributed by atoms with Crippen molar-refractivity contribution in [1.29, 1.82) is 0 Å². The van der Waals surface area contributed by atoms with E-state index in [4.69, 9.17) is 9.79 Å². The zero-order chi connectivity index (χ0) is 5.21. The largest absolute Gasteiger partial charge is 0.440 e. The van der Waals surface area contributed by atoms with Gasteiger partial charge in [-0.3, -0.25) is 0 Å². The van der Waals surface area contributed by atoms with E-state index in [1.807, 2.05) is 0 Å². The molecule has 0 aromatic rings. The van der Waals surface area contributed by atoms with E-state index in [9.17, 15) is 4.57 Å². The molecule has 0 unspecified atom stereocenters. The summed E-state index contributed by atoms with van der Waals surface area (Å²) in [6.45, 7) is 0. The number of hydrogen-bond acceptors (Lipinski definition) is 2. The lowest BCUT2D eigenvalue weighted by Crippen LogP contribution is -1.78. The summed E-state index contributed by atoms with van der Waals surface area (Å²) in [6.07, 6.45) is 0. The monoisotopic (exact) mass is 156 g/mol. The number of phosphoric acid groups is 1. The van der Waals surface area contributed by atoms with E-state index in [2.05, 4.69) is 3.58 Å². The minimum absolute atomic E-state index is 0. The Morgan fingerprint density at radius 1 is 1.57 bits per heavy atom. The zero-order valence-corrected chi connectivity index (χ0v) is 8.17. The van der Waals surface area contributed by atoms with Gasteiger partial charge in [-0.05, 0) is 11.0 Å². The molecule has 2 N–H and O–H groups in total. The molecular weight excluding hydrogens is 150 g/mol. The van der Waals surface area contributed by atoms with Crippen molar-refractivity contribution in [3.8, 4) is 0 Å². The van der Waals surface area contributed by atoms with E-state index >= 15 is 0 Å². The topological polar surface area (TPSA) is 66.8 Å². The predicted octanol–water partition coefficient (Wildman–Crippen LogP) is -2.27. The highest BCUT2D eigenvalue weighted by molar-refractivity contribution is 7.47. The third-order valence-electron chi connectivity index (χ3n) is 0.168. The van der Waals surface area contributed by atoms with Crippen LogP contribution in [0.3, 0.4) is 0 Å². The molecule has 2 radical (unpaired) electrons. The molecule has 0 rings (SSSR count). The Kier molecular flexibility index (Phi) is 5.87. The van der Waals surface area contributed by atoms with Crippen LogP contribution in [0.5, 0.6) is 0 Å². The van der Waals surface area contributed by atoms with Gasteiger partial charge in [-0.2, -0.15) is 0 Å². The van der Waals surface area contributed by atoms with Crippen LogP contribution in [0.25, 0.3) is 0 Å². The molecule has 0 amide bonds. The second kappa shape index (κ2) is 3.81. The molecule has 0 saturated heterocycles. The Balaban J connectivity index is 0. The lowest BCUT2D eigenvalue weighted by molar-refractivity contribution is 0.292. The first-order valence-electron chi connectivity index (χ1n) is 1.05. The average Bonchev–Trinajstić information content (AvgIpc) is 1.35. The van der Waals surface area contributed by atoms with E-state index in [1.54, 1.807) is 0 Å². The minimum atomic E-state index is -4.13. The van der Waals surface area contributed by atoms with E-state index in [1.165, 1.54) is 0 Å². The molecule has 0 aromatic carbocycles. The maximum Gasteiger partial charge on any atom is 0.440 e. The Labute approximate surface area is 53.9 Å². The Morgan fingerprint density at radius 3 is 1.71 bits per heavy atom. The van der Waals surface area contributed by atoms with Crippen molar-refractivity contribution < 1.29 is 17.9 Å². The molecule has 0 fully saturated rings. The summed E-state index contributed by atoms with van der Waals surface area (Å²) in [7, 11) is -4.13. The number of rotatable bonds is 1. The quantitative estimate of drug-likeness (QED) is 0.332. The highest BCUT2D eigenvalue weighted by atomic mass is 31.2. The van der Waals surface area contributed by atoms with Gasteiger partial charge in [0.15, 0.2) is 0 Å². The maximum absolute atomic E-state index is 9.48. The van der Waals surface area contributed by atoms with Crippen LogP contribution in [0.1, 0.15) is 0 Å². The van der Waals surface area contributed by atoms with Crippen LogP contribution in [-0.2, 0) is 8.14 Å². The molecule has 0 bridgehead atoms. The summed E-state index contributed by atoms with van der Waals surface area (Å²) < 4.78 is 13.1. The highest BCUT2D eigenvalue weighted by Crippen LogP contribution is 2.33. The van der Waals surface area contributed by atoms with Crippen LogP contribution in [-0.4, -0.2) is 37.4 Å². The third-order valence-corrected chi connectivity index (χ3v) is 1.51. The summed E-state index contributed by atoms with van der Waals surface area (Å²) in [4.78, 5) is 15.4. The molecule has 0 aromatic heterocycles. The first-order chi connectivity index (χ1) is 2.56. The van der Waals surface area contributed by atoms with Gasteiger partial charge in [0.1, 0.15) is 0 Å². The van der Waals surface area contributed by atoms with Crippen LogP contribution in [0, 0.1) is 0 Å². The molecule has 0 spiro atoms. The van der Waals surface area contributed by atoms with Crippen molar-refractivity contribution in [3.63, 3.8) is 0 Å². The van der Waals surface area contributed by atoms with E-state index in [0.717, 1.165) is 16.6 Å². The van der Waals surface area contributed by atoms with Crippen molar-refractivity contribution in [1.82, 2.24) is 0 Å². The molecule has 7 heavy (non-hydrogen) atoms. The first kappa shape index (κ1) is 10.8. The van der Waals surface area contributed by atoms with Crippen molar-refractivity contribution in [2.45, 2.75) is 0 Å². The second-order valence-electron chi connectivity index (χ2n) is 0.620. The molecule has 42 valence electrons. The van der Waals surface area contributed by atoms with Gasteiger partial charge in [0.05, 0.1) is 0 Å². The summed E-state index contributed by atoms with van der Waals surface area (Å²) in [5, 5.41) is 0. The molecule has 7 heteroatoms. The van der Waals surface area contributed by atoms with Gasteiger partial charge in [-0.25, -0.2) is 4.57 Å². The van der Waals surface area contributed by atoms with Crippen molar-refractivity contribution in [2.75, 3.05) is 0 Å². The Bertz CT molecular complexity index is 75.8. The zero-order valence-electron chi connectivity index (χ0n) is 3.87. The van der Waals surface area contributed by atoms with Crippen LogP contribution in [0.4, 0.5) is 0 Å². The fourth-order valence-electron chi connectivity index (χ4n) is 0. The molecular formula is H6AlO4PSi. The van der Waals surface area contributed by atoms with E-state index < -0.39 is 7.82 Å². The molecule has 0 aliphatic carbocycles. The lowest BCUT2D eigenvalue weighted by atomic mass is 15.7. The van der Waals surface area contributed by atoms with Gasteiger partial charge < -0.3 is 13.4 Å². The molecule has 0 atom stereocenters. The molecule has 4 nitrogen and oxygen atoms in total. The van der Waals surface area contributed by atoms with Crippen molar-refractivity contribution >= 4 is 35.4 Å². The van der Waals surface area contributed by atoms with Gasteiger partial charge in [-0.15, -0.1) is 0 Å². The van der Waals surface area contributed by atoms with Crippen LogP contribution < -0.4 is 0 Å². The number of hydrogen-bond donors (Lipinski definition) is 2.